The SMILES string of the molecule is COCC(C)Cc1nc(N)nc(SC)n1. The standard InChI is InChI=1S/C9H16N4OS/c1-6(5-14-2)4-7-11-8(10)13-9(12-7)15-3/h6H,4-5H2,1-3H3,(H2,10,11,12,13). The minimum Gasteiger partial charge on any atom is -0.384 e. The third-order valence-electron chi connectivity index (χ3n) is 1.84. The van der Waals surface area contributed by atoms with E-state index in [0.717, 1.165) is 12.2 Å². The molecule has 0 fully saturated rings. The third-order valence-corrected chi connectivity index (χ3v) is 2.39. The number of rotatable bonds is 5. The van der Waals surface area contributed by atoms with Crippen LogP contribution in [0.5, 0.6) is 0 Å². The summed E-state index contributed by atoms with van der Waals surface area (Å²) in [5.74, 6) is 1.40. The predicted molar refractivity (Wildman–Crippen MR) is 60.8 cm³/mol. The molecule has 1 rings (SSSR count). The molecule has 1 unspecified atom stereocenters. The molecule has 0 aliphatic heterocycles. The summed E-state index contributed by atoms with van der Waals surface area (Å²) in [4.78, 5) is 12.4. The quantitative estimate of drug-likeness (QED) is 0.758. The number of hydrogen-bond acceptors (Lipinski definition) is 6. The zero-order chi connectivity index (χ0) is 11.3. The van der Waals surface area contributed by atoms with Gasteiger partial charge in [0.1, 0.15) is 5.82 Å². The molecule has 0 amide bonds. The van der Waals surface area contributed by atoms with Crippen LogP contribution in [0.4, 0.5) is 5.95 Å². The number of anilines is 1. The molecule has 0 saturated carbocycles. The largest absolute Gasteiger partial charge is 0.384 e. The van der Waals surface area contributed by atoms with Crippen molar-refractivity contribution in [2.45, 2.75) is 18.5 Å². The molecule has 0 radical (unpaired) electrons. The first kappa shape index (κ1) is 12.2. The molecule has 15 heavy (non-hydrogen) atoms. The summed E-state index contributed by atoms with van der Waals surface area (Å²) in [7, 11) is 1.69. The molecule has 0 bridgehead atoms. The van der Waals surface area contributed by atoms with Crippen molar-refractivity contribution in [1.82, 2.24) is 15.0 Å². The van der Waals surface area contributed by atoms with Gasteiger partial charge in [-0.1, -0.05) is 18.7 Å². The summed E-state index contributed by atoms with van der Waals surface area (Å²) in [6.07, 6.45) is 2.67. The molecule has 0 spiro atoms. The second-order valence-electron chi connectivity index (χ2n) is 3.36. The molecule has 0 aliphatic rings. The van der Waals surface area contributed by atoms with E-state index in [0.29, 0.717) is 17.7 Å². The Morgan fingerprint density at radius 2 is 2.13 bits per heavy atom. The van der Waals surface area contributed by atoms with Crippen LogP contribution in [-0.4, -0.2) is 34.9 Å². The van der Waals surface area contributed by atoms with Gasteiger partial charge in [-0.15, -0.1) is 0 Å². The van der Waals surface area contributed by atoms with Crippen molar-refractivity contribution in [3.8, 4) is 0 Å². The lowest BCUT2D eigenvalue weighted by atomic mass is 10.1. The Hall–Kier alpha value is -0.880. The number of nitrogen functional groups attached to an aromatic ring is 1. The van der Waals surface area contributed by atoms with E-state index in [-0.39, 0.29) is 5.95 Å². The van der Waals surface area contributed by atoms with E-state index in [1.807, 2.05) is 6.26 Å². The molecule has 84 valence electrons. The lowest BCUT2D eigenvalue weighted by Gasteiger charge is -2.09. The fourth-order valence-corrected chi connectivity index (χ4v) is 1.63. The Morgan fingerprint density at radius 3 is 2.73 bits per heavy atom. The maximum Gasteiger partial charge on any atom is 0.224 e. The van der Waals surface area contributed by atoms with E-state index in [2.05, 4.69) is 21.9 Å². The Morgan fingerprint density at radius 1 is 1.40 bits per heavy atom. The van der Waals surface area contributed by atoms with Crippen molar-refractivity contribution < 1.29 is 4.74 Å². The van der Waals surface area contributed by atoms with Crippen LogP contribution in [0.3, 0.4) is 0 Å². The van der Waals surface area contributed by atoms with E-state index in [1.54, 1.807) is 7.11 Å². The van der Waals surface area contributed by atoms with Crippen LogP contribution in [-0.2, 0) is 11.2 Å². The van der Waals surface area contributed by atoms with E-state index in [1.165, 1.54) is 11.8 Å². The average molecular weight is 228 g/mol. The van der Waals surface area contributed by atoms with Gasteiger partial charge in [0.25, 0.3) is 0 Å². The van der Waals surface area contributed by atoms with Crippen LogP contribution in [0.2, 0.25) is 0 Å². The Labute approximate surface area is 93.9 Å². The van der Waals surface area contributed by atoms with Crippen molar-refractivity contribution in [3.63, 3.8) is 0 Å². The average Bonchev–Trinajstić information content (AvgIpc) is 2.17. The highest BCUT2D eigenvalue weighted by Gasteiger charge is 2.08. The van der Waals surface area contributed by atoms with Crippen LogP contribution in [0.25, 0.3) is 0 Å². The number of aromatic nitrogens is 3. The zero-order valence-electron chi connectivity index (χ0n) is 9.23. The van der Waals surface area contributed by atoms with Crippen LogP contribution >= 0.6 is 11.8 Å². The molecule has 1 aromatic heterocycles. The Bertz CT molecular complexity index is 321. The number of nitrogens with zero attached hydrogens (tertiary/aromatic N) is 3. The second-order valence-corrected chi connectivity index (χ2v) is 4.13. The topological polar surface area (TPSA) is 73.9 Å². The fraction of sp³-hybridized carbons (Fsp3) is 0.667. The van der Waals surface area contributed by atoms with Gasteiger partial charge < -0.3 is 10.5 Å². The van der Waals surface area contributed by atoms with Gasteiger partial charge in [0, 0.05) is 20.1 Å². The summed E-state index contributed by atoms with van der Waals surface area (Å²) in [5, 5.41) is 0.669. The summed E-state index contributed by atoms with van der Waals surface area (Å²) < 4.78 is 5.05. The molecule has 0 aliphatic carbocycles. The summed E-state index contributed by atoms with van der Waals surface area (Å²) in [6.45, 7) is 2.78. The normalized spacial score (nSPS) is 12.7. The van der Waals surface area contributed by atoms with Crippen LogP contribution in [0.15, 0.2) is 5.16 Å². The number of hydrogen-bond donors (Lipinski definition) is 1. The number of ether oxygens (including phenoxy) is 1. The van der Waals surface area contributed by atoms with Crippen LogP contribution < -0.4 is 5.73 Å². The van der Waals surface area contributed by atoms with E-state index in [4.69, 9.17) is 10.5 Å². The molecule has 1 heterocycles. The summed E-state index contributed by atoms with van der Waals surface area (Å²) in [6, 6.07) is 0. The van der Waals surface area contributed by atoms with Crippen LogP contribution in [0.1, 0.15) is 12.7 Å². The van der Waals surface area contributed by atoms with E-state index >= 15 is 0 Å². The summed E-state index contributed by atoms with van der Waals surface area (Å²) >= 11 is 1.46. The van der Waals surface area contributed by atoms with E-state index in [9.17, 15) is 0 Å². The maximum absolute atomic E-state index is 5.58. The minimum absolute atomic E-state index is 0.286. The predicted octanol–water partition coefficient (Wildman–Crippen LogP) is 1.00. The fourth-order valence-electron chi connectivity index (χ4n) is 1.25. The Balaban J connectivity index is 2.71. The van der Waals surface area contributed by atoms with Gasteiger partial charge in [-0.05, 0) is 12.2 Å². The van der Waals surface area contributed by atoms with Crippen molar-refractivity contribution in [2.75, 3.05) is 25.7 Å². The summed E-state index contributed by atoms with van der Waals surface area (Å²) in [5.41, 5.74) is 5.58. The lowest BCUT2D eigenvalue weighted by Crippen LogP contribution is -2.12. The first-order valence-corrected chi connectivity index (χ1v) is 5.91. The van der Waals surface area contributed by atoms with Crippen molar-refractivity contribution >= 4 is 17.7 Å². The molecular weight excluding hydrogens is 212 g/mol. The lowest BCUT2D eigenvalue weighted by molar-refractivity contribution is 0.158. The van der Waals surface area contributed by atoms with Gasteiger partial charge in [0.2, 0.25) is 5.95 Å². The third kappa shape index (κ3) is 4.01. The van der Waals surface area contributed by atoms with Gasteiger partial charge in [-0.25, -0.2) is 4.98 Å². The smallest absolute Gasteiger partial charge is 0.224 e. The van der Waals surface area contributed by atoms with Gasteiger partial charge in [0.15, 0.2) is 5.16 Å². The molecule has 6 heteroatoms. The number of thioether (sulfide) groups is 1. The van der Waals surface area contributed by atoms with Crippen molar-refractivity contribution in [3.05, 3.63) is 5.82 Å². The highest BCUT2D eigenvalue weighted by atomic mass is 32.2. The molecule has 0 aromatic carbocycles. The Kier molecular flexibility index (Phi) is 4.77. The minimum atomic E-state index is 0.286. The monoisotopic (exact) mass is 228 g/mol. The second kappa shape index (κ2) is 5.87. The molecule has 5 nitrogen and oxygen atoms in total. The first-order chi connectivity index (χ1) is 7.15. The van der Waals surface area contributed by atoms with Gasteiger partial charge in [-0.3, -0.25) is 0 Å². The molecule has 1 aromatic rings. The molecular formula is C9H16N4OS. The zero-order valence-corrected chi connectivity index (χ0v) is 10.0. The van der Waals surface area contributed by atoms with Gasteiger partial charge >= 0.3 is 0 Å². The van der Waals surface area contributed by atoms with E-state index < -0.39 is 0 Å². The first-order valence-electron chi connectivity index (χ1n) is 4.69. The van der Waals surface area contributed by atoms with Gasteiger partial charge in [0.05, 0.1) is 0 Å². The molecule has 0 saturated heterocycles. The number of methoxy groups -OCH3 is 1. The van der Waals surface area contributed by atoms with Crippen molar-refractivity contribution in [1.29, 1.82) is 0 Å². The molecule has 1 atom stereocenters. The van der Waals surface area contributed by atoms with Crippen LogP contribution in [0, 0.1) is 5.92 Å². The highest BCUT2D eigenvalue weighted by Crippen LogP contribution is 2.11. The van der Waals surface area contributed by atoms with Crippen molar-refractivity contribution in [2.24, 2.45) is 5.92 Å². The molecule has 2 N–H and O–H groups in total. The van der Waals surface area contributed by atoms with Gasteiger partial charge in [-0.2, -0.15) is 9.97 Å². The highest BCUT2D eigenvalue weighted by molar-refractivity contribution is 7.98. The maximum atomic E-state index is 5.58. The number of nitrogens with two attached hydrogens (primary N) is 1.